The number of aromatic nitrogens is 12. The van der Waals surface area contributed by atoms with Crippen molar-refractivity contribution in [2.24, 2.45) is 5.41 Å². The Morgan fingerprint density at radius 3 is 1.01 bits per heavy atom. The average Bonchev–Trinajstić information content (AvgIpc) is 1.81. The number of fused-ring (bicyclic) bond motifs is 6. The maximum Gasteiger partial charge on any atom is 0.0925 e. The molecule has 1 spiro atoms. The molecule has 0 unspecified atom stereocenters. The fourth-order valence-electron chi connectivity index (χ4n) is 21.6. The van der Waals surface area contributed by atoms with Crippen LogP contribution in [0.25, 0.3) is 76.6 Å². The maximum atomic E-state index is 5.48. The topological polar surface area (TPSA) is 216 Å². The van der Waals surface area contributed by atoms with Gasteiger partial charge in [-0.3, -0.25) is 30.6 Å². The van der Waals surface area contributed by atoms with Crippen LogP contribution in [-0.2, 0) is 48.7 Å². The predicted molar refractivity (Wildman–Crippen MR) is 576 cm³/mol. The van der Waals surface area contributed by atoms with Crippen LogP contribution in [-0.4, -0.2) is 225 Å². The second kappa shape index (κ2) is 54.1. The monoisotopic (exact) mass is 1870 g/mol. The van der Waals surface area contributed by atoms with Crippen LogP contribution in [0.4, 0.5) is 11.4 Å². The van der Waals surface area contributed by atoms with Gasteiger partial charge in [-0.05, 0) is 358 Å². The standard InChI is InChI=1S/C23H36N4.C19H29N3.C19H27N3.C18H28N4.C18H27N3O.C18H25N3O/c1-3-4-14-26(2)18-22-20-17-19(8-9-21(20)24-25-22)27-15-12-23(13-16-27)10-6-5-7-11-23;2*1-3-4-12-22(2)14-19-17-13-16(10-11-18(17)20-21-19)15-8-6-5-7-9-15;1-3-4-10-21(2)14-18-16-13-15(8-9-17(16)19-20-18)22-11-6-5-7-12-22;2*1-3-4-9-21(2)13-18-16-12-15(5-6-17(16)19-20-18)14-7-10-22-11-8-14/h8-9,17H,3-7,10-16,18H2,1-2H3,(H,24,25);10-11,13,15H,3-9,12,14H2,1-2H3,(H,20,21);8,10-11,13H,3-7,9,12,14H2,1-2H3,(H,20,21);8-9,13H,3-7,10-12,14H2,1-2H3,(H,19,20);5-6,12,14H,3-4,7-11,13H2,1-2H3,(H,19,20);5-7,12H,3-4,8-11,13H2,1-2H3,(H,19,20). The summed E-state index contributed by atoms with van der Waals surface area (Å²) in [5.41, 5.74) is 25.9. The molecule has 12 aromatic rings. The summed E-state index contributed by atoms with van der Waals surface area (Å²) in [4.78, 5) is 19.4. The van der Waals surface area contributed by atoms with Gasteiger partial charge in [0.15, 0.2) is 0 Å². The smallest absolute Gasteiger partial charge is 0.0925 e. The van der Waals surface area contributed by atoms with Crippen LogP contribution in [0.1, 0.15) is 328 Å². The minimum Gasteiger partial charge on any atom is -0.381 e. The van der Waals surface area contributed by atoms with E-state index < -0.39 is 0 Å². The summed E-state index contributed by atoms with van der Waals surface area (Å²) < 4.78 is 10.9. The van der Waals surface area contributed by atoms with E-state index in [4.69, 9.17) is 9.47 Å². The van der Waals surface area contributed by atoms with Gasteiger partial charge in [-0.25, -0.2) is 0 Å². The first-order valence-electron chi connectivity index (χ1n) is 54.0. The van der Waals surface area contributed by atoms with E-state index >= 15 is 0 Å². The summed E-state index contributed by atoms with van der Waals surface area (Å²) >= 11 is 0. The lowest BCUT2D eigenvalue weighted by Crippen LogP contribution is -2.41. The third-order valence-electron chi connectivity index (χ3n) is 30.3. The number of unbranched alkanes of at least 4 members (excludes halogenated alkanes) is 6. The number of hydrogen-bond donors (Lipinski definition) is 6. The van der Waals surface area contributed by atoms with Crippen molar-refractivity contribution in [1.82, 2.24) is 90.6 Å². The lowest BCUT2D eigenvalue weighted by Gasteiger charge is -2.45. The molecule has 6 N–H and O–H groups in total. The molecular weight excluding hydrogens is 1690 g/mol. The molecule has 0 atom stereocenters. The number of rotatable bonds is 36. The number of anilines is 2. The number of piperidine rings is 2. The van der Waals surface area contributed by atoms with E-state index in [9.17, 15) is 0 Å². The summed E-state index contributed by atoms with van der Waals surface area (Å²) in [5, 5.41) is 54.1. The molecule has 22 heteroatoms. The van der Waals surface area contributed by atoms with Crippen molar-refractivity contribution >= 4 is 87.9 Å². The van der Waals surface area contributed by atoms with Crippen LogP contribution in [0.3, 0.4) is 0 Å². The Balaban J connectivity index is 0.000000132. The molecule has 5 fully saturated rings. The van der Waals surface area contributed by atoms with Gasteiger partial charge in [0, 0.05) is 122 Å². The van der Waals surface area contributed by atoms with Gasteiger partial charge in [0.1, 0.15) is 0 Å². The van der Waals surface area contributed by atoms with E-state index in [1.165, 1.54) is 336 Å². The van der Waals surface area contributed by atoms with E-state index in [0.717, 1.165) is 163 Å². The zero-order chi connectivity index (χ0) is 95.5. The van der Waals surface area contributed by atoms with E-state index in [1.807, 2.05) is 0 Å². The normalized spacial score (nSPS) is 16.8. The molecule has 6 aromatic heterocycles. The summed E-state index contributed by atoms with van der Waals surface area (Å²) in [6.07, 6.45) is 48.9. The van der Waals surface area contributed by atoms with Gasteiger partial charge in [-0.1, -0.05) is 155 Å². The van der Waals surface area contributed by atoms with Crippen LogP contribution in [0.2, 0.25) is 0 Å². The predicted octanol–water partition coefficient (Wildman–Crippen LogP) is 26.0. The number of nitrogens with zero attached hydrogens (tertiary/aromatic N) is 14. The van der Waals surface area contributed by atoms with Crippen molar-refractivity contribution in [2.45, 2.75) is 311 Å². The first kappa shape index (κ1) is 104. The van der Waals surface area contributed by atoms with Gasteiger partial charge in [0.05, 0.1) is 80.5 Å². The van der Waals surface area contributed by atoms with Crippen LogP contribution in [0, 0.1) is 5.41 Å². The number of ether oxygens (including phenoxy) is 2. The summed E-state index contributed by atoms with van der Waals surface area (Å²) in [6, 6.07) is 40.5. The summed E-state index contributed by atoms with van der Waals surface area (Å²) in [5.74, 6) is 1.40. The highest BCUT2D eigenvalue weighted by molar-refractivity contribution is 5.89. The molecular formula is C115H172N20O2. The van der Waals surface area contributed by atoms with E-state index in [2.05, 4.69) is 306 Å². The van der Waals surface area contributed by atoms with E-state index in [0.29, 0.717) is 11.3 Å². The molecule has 0 bridgehead atoms. The van der Waals surface area contributed by atoms with Crippen LogP contribution < -0.4 is 9.80 Å². The second-order valence-corrected chi connectivity index (χ2v) is 41.5. The van der Waals surface area contributed by atoms with Crippen molar-refractivity contribution in [1.29, 1.82) is 0 Å². The molecule has 0 amide bonds. The highest BCUT2D eigenvalue weighted by atomic mass is 16.5. The molecule has 137 heavy (non-hydrogen) atoms. The highest BCUT2D eigenvalue weighted by Crippen LogP contribution is 2.46. The number of benzene rings is 6. The van der Waals surface area contributed by atoms with Crippen molar-refractivity contribution < 1.29 is 9.47 Å². The largest absolute Gasteiger partial charge is 0.381 e. The average molecular weight is 1870 g/mol. The van der Waals surface area contributed by atoms with Crippen LogP contribution in [0.5, 0.6) is 0 Å². The van der Waals surface area contributed by atoms with Gasteiger partial charge < -0.3 is 48.7 Å². The van der Waals surface area contributed by atoms with Crippen LogP contribution >= 0.6 is 0 Å². The molecule has 2 saturated carbocycles. The Morgan fingerprint density at radius 1 is 0.314 bits per heavy atom. The van der Waals surface area contributed by atoms with Gasteiger partial charge >= 0.3 is 0 Å². The molecule has 4 aliphatic heterocycles. The number of allylic oxidation sites excluding steroid dienone is 2. The first-order valence-corrected chi connectivity index (χ1v) is 54.0. The summed E-state index contributed by atoms with van der Waals surface area (Å²) in [6.45, 7) is 34.1. The molecule has 3 saturated heterocycles. The van der Waals surface area contributed by atoms with Gasteiger partial charge in [-0.2, -0.15) is 30.6 Å². The van der Waals surface area contributed by atoms with E-state index in [1.54, 1.807) is 0 Å². The molecule has 7 aliphatic rings. The molecule has 3 aliphatic carbocycles. The molecule has 22 nitrogen and oxygen atoms in total. The minimum atomic E-state index is 0.638. The van der Waals surface area contributed by atoms with E-state index in [-0.39, 0.29) is 0 Å². The van der Waals surface area contributed by atoms with Crippen molar-refractivity contribution in [2.75, 3.05) is 144 Å². The Labute approximate surface area is 821 Å². The van der Waals surface area contributed by atoms with Crippen molar-refractivity contribution in [3.63, 3.8) is 0 Å². The Kier molecular flexibility index (Phi) is 40.9. The number of hydrogen-bond acceptors (Lipinski definition) is 16. The SMILES string of the molecule is CCCCN(C)Cc1[nH]nc2ccc(C3=CCCCC3)cc12.CCCCN(C)Cc1[nH]nc2ccc(C3=CCOCC3)cc12.CCCCN(C)Cc1[nH]nc2ccc(C3CCCCC3)cc12.CCCCN(C)Cc1[nH]nc2ccc(C3CCOCC3)cc12.CCCCN(C)Cc1[nH]nc2ccc(N3CCC4(CCCCC4)CC3)cc12.CCCCN(C)Cc1[nH]nc2ccc(N3CCCCC3)cc12. The third kappa shape index (κ3) is 30.0. The second-order valence-electron chi connectivity index (χ2n) is 41.5. The van der Waals surface area contributed by atoms with Crippen LogP contribution in [0.15, 0.2) is 121 Å². The number of nitrogens with one attached hydrogen (secondary N) is 6. The lowest BCUT2D eigenvalue weighted by atomic mass is 9.68. The van der Waals surface area contributed by atoms with Crippen molar-refractivity contribution in [3.8, 4) is 0 Å². The molecule has 744 valence electrons. The van der Waals surface area contributed by atoms with Crippen molar-refractivity contribution in [3.05, 3.63) is 178 Å². The van der Waals surface area contributed by atoms with Gasteiger partial charge in [0.2, 0.25) is 0 Å². The first-order chi connectivity index (χ1) is 67.1. The zero-order valence-corrected chi connectivity index (χ0v) is 86.5. The van der Waals surface area contributed by atoms with Gasteiger partial charge in [-0.15, -0.1) is 0 Å². The molecule has 10 heterocycles. The Hall–Kier alpha value is -9.10. The highest BCUT2D eigenvalue weighted by Gasteiger charge is 2.36. The number of H-pyrrole nitrogens is 6. The zero-order valence-electron chi connectivity index (χ0n) is 86.5. The lowest BCUT2D eigenvalue weighted by molar-refractivity contribution is 0.0853. The minimum absolute atomic E-state index is 0.638. The third-order valence-corrected chi connectivity index (χ3v) is 30.3. The number of aromatic amines is 6. The molecule has 0 radical (unpaired) electrons. The van der Waals surface area contributed by atoms with Gasteiger partial charge in [0.25, 0.3) is 0 Å². The maximum absolute atomic E-state index is 5.48. The molecule has 6 aromatic carbocycles. The Morgan fingerprint density at radius 2 is 0.650 bits per heavy atom. The fraction of sp³-hybridized carbons (Fsp3) is 0.600. The molecule has 19 rings (SSSR count). The fourth-order valence-corrected chi connectivity index (χ4v) is 21.6. The quantitative estimate of drug-likeness (QED) is 0.0215. The summed E-state index contributed by atoms with van der Waals surface area (Å²) in [7, 11) is 13.2. The Bertz CT molecular complexity index is 5240.